The van der Waals surface area contributed by atoms with Crippen LogP contribution in [0.4, 0.5) is 5.69 Å². The lowest BCUT2D eigenvalue weighted by atomic mass is 10.1. The summed E-state index contributed by atoms with van der Waals surface area (Å²) in [7, 11) is 0. The van der Waals surface area contributed by atoms with E-state index in [4.69, 9.17) is 5.26 Å². The van der Waals surface area contributed by atoms with Gasteiger partial charge >= 0.3 is 0 Å². The number of benzene rings is 1. The molecule has 8 nitrogen and oxygen atoms in total. The number of nitro groups is 1. The first-order valence-corrected chi connectivity index (χ1v) is 8.48. The van der Waals surface area contributed by atoms with Crippen LogP contribution in [0.3, 0.4) is 0 Å². The van der Waals surface area contributed by atoms with Gasteiger partial charge in [0.15, 0.2) is 0 Å². The number of hydrogen-bond donors (Lipinski definition) is 2. The zero-order valence-electron chi connectivity index (χ0n) is 14.7. The number of non-ortho nitro benzene ring substituents is 1. The van der Waals surface area contributed by atoms with Crippen molar-refractivity contribution in [3.63, 3.8) is 0 Å². The molecule has 0 saturated carbocycles. The van der Waals surface area contributed by atoms with Gasteiger partial charge in [0.1, 0.15) is 6.04 Å². The van der Waals surface area contributed by atoms with Crippen molar-refractivity contribution in [2.75, 3.05) is 13.1 Å². The van der Waals surface area contributed by atoms with Crippen LogP contribution in [0.15, 0.2) is 24.3 Å². The third-order valence-corrected chi connectivity index (χ3v) is 4.86. The molecule has 0 aliphatic carbocycles. The first-order chi connectivity index (χ1) is 12.1. The summed E-state index contributed by atoms with van der Waals surface area (Å²) >= 11 is 0. The fourth-order valence-corrected chi connectivity index (χ4v) is 3.44. The van der Waals surface area contributed by atoms with E-state index in [2.05, 4.69) is 16.7 Å². The van der Waals surface area contributed by atoms with Crippen LogP contribution in [0.25, 0.3) is 0 Å². The lowest BCUT2D eigenvalue weighted by Gasteiger charge is -2.23. The monoisotopic (exact) mass is 415 g/mol. The SMILES string of the molecule is Cl.Cl.N#CC1CCCN1C(=O)[C@@H]1C[C@H](NCc2ccc([N+](=O)[O-])cc2)CN1. The number of hydrogen-bond acceptors (Lipinski definition) is 6. The first kappa shape index (κ1) is 23.1. The summed E-state index contributed by atoms with van der Waals surface area (Å²) < 4.78 is 0. The average molecular weight is 416 g/mol. The Hall–Kier alpha value is -1.92. The number of carbonyl (C=O) groups is 1. The summed E-state index contributed by atoms with van der Waals surface area (Å²) in [5, 5.41) is 26.4. The molecule has 1 unspecified atom stereocenters. The van der Waals surface area contributed by atoms with E-state index >= 15 is 0 Å². The third kappa shape index (κ3) is 5.53. The smallest absolute Gasteiger partial charge is 0.269 e. The maximum absolute atomic E-state index is 12.6. The van der Waals surface area contributed by atoms with Crippen molar-refractivity contribution in [2.24, 2.45) is 0 Å². The van der Waals surface area contributed by atoms with Crippen molar-refractivity contribution >= 4 is 36.4 Å². The number of nitrogens with zero attached hydrogens (tertiary/aromatic N) is 3. The summed E-state index contributed by atoms with van der Waals surface area (Å²) in [6, 6.07) is 8.28. The zero-order chi connectivity index (χ0) is 17.8. The highest BCUT2D eigenvalue weighted by molar-refractivity contribution is 5.85. The van der Waals surface area contributed by atoms with Crippen molar-refractivity contribution in [1.29, 1.82) is 5.26 Å². The maximum atomic E-state index is 12.6. The largest absolute Gasteiger partial charge is 0.325 e. The minimum Gasteiger partial charge on any atom is -0.325 e. The highest BCUT2D eigenvalue weighted by Gasteiger charge is 2.36. The Morgan fingerprint density at radius 1 is 1.37 bits per heavy atom. The van der Waals surface area contributed by atoms with E-state index in [0.29, 0.717) is 26.1 Å². The van der Waals surface area contributed by atoms with Crippen LogP contribution in [-0.2, 0) is 11.3 Å². The number of carbonyl (C=O) groups excluding carboxylic acids is 1. The Balaban J connectivity index is 0.00000182. The molecule has 1 aromatic rings. The van der Waals surface area contributed by atoms with E-state index in [9.17, 15) is 14.9 Å². The Morgan fingerprint density at radius 2 is 2.07 bits per heavy atom. The van der Waals surface area contributed by atoms with Crippen molar-refractivity contribution in [2.45, 2.75) is 43.9 Å². The molecule has 0 aromatic heterocycles. The number of likely N-dealkylation sites (tertiary alicyclic amines) is 1. The average Bonchev–Trinajstić information content (AvgIpc) is 3.28. The van der Waals surface area contributed by atoms with Crippen molar-refractivity contribution in [3.05, 3.63) is 39.9 Å². The van der Waals surface area contributed by atoms with E-state index in [-0.39, 0.29) is 54.5 Å². The minimum atomic E-state index is -0.416. The molecule has 1 aromatic carbocycles. The summed E-state index contributed by atoms with van der Waals surface area (Å²) in [6.07, 6.45) is 2.33. The number of halogens is 2. The Kier molecular flexibility index (Phi) is 8.93. The Labute approximate surface area is 170 Å². The second-order valence-electron chi connectivity index (χ2n) is 6.52. The van der Waals surface area contributed by atoms with E-state index in [1.54, 1.807) is 17.0 Å². The summed E-state index contributed by atoms with van der Waals surface area (Å²) in [5.41, 5.74) is 1.04. The molecule has 10 heteroatoms. The summed E-state index contributed by atoms with van der Waals surface area (Å²) in [5.74, 6) is 0.0173. The Morgan fingerprint density at radius 3 is 2.70 bits per heavy atom. The molecule has 2 aliphatic heterocycles. The highest BCUT2D eigenvalue weighted by atomic mass is 35.5. The fourth-order valence-electron chi connectivity index (χ4n) is 3.44. The van der Waals surface area contributed by atoms with Gasteiger partial charge in [-0.2, -0.15) is 5.26 Å². The molecule has 3 rings (SSSR count). The molecule has 0 radical (unpaired) electrons. The third-order valence-electron chi connectivity index (χ3n) is 4.86. The Bertz CT molecular complexity index is 695. The van der Waals surface area contributed by atoms with E-state index < -0.39 is 4.92 Å². The van der Waals surface area contributed by atoms with Crippen LogP contribution >= 0.6 is 24.8 Å². The lowest BCUT2D eigenvalue weighted by Crippen LogP contribution is -2.45. The van der Waals surface area contributed by atoms with E-state index in [1.165, 1.54) is 12.1 Å². The van der Waals surface area contributed by atoms with Gasteiger partial charge in [0.2, 0.25) is 5.91 Å². The zero-order valence-corrected chi connectivity index (χ0v) is 16.3. The molecule has 3 atom stereocenters. The number of amides is 1. The molecule has 2 saturated heterocycles. The number of rotatable bonds is 5. The van der Waals surface area contributed by atoms with Crippen LogP contribution in [-0.4, -0.2) is 46.9 Å². The van der Waals surface area contributed by atoms with Gasteiger partial charge in [-0.3, -0.25) is 14.9 Å². The second kappa shape index (κ2) is 10.4. The molecule has 0 spiro atoms. The van der Waals surface area contributed by atoms with Crippen molar-refractivity contribution in [1.82, 2.24) is 15.5 Å². The topological polar surface area (TPSA) is 111 Å². The van der Waals surface area contributed by atoms with Gasteiger partial charge in [0.25, 0.3) is 5.69 Å². The summed E-state index contributed by atoms with van der Waals surface area (Å²) in [6.45, 7) is 1.94. The molecule has 2 aliphatic rings. The van der Waals surface area contributed by atoms with Crippen LogP contribution < -0.4 is 10.6 Å². The van der Waals surface area contributed by atoms with E-state index in [0.717, 1.165) is 18.4 Å². The van der Waals surface area contributed by atoms with Gasteiger partial charge < -0.3 is 15.5 Å². The predicted octanol–water partition coefficient (Wildman–Crippen LogP) is 1.77. The number of nitro benzene ring substituents is 1. The summed E-state index contributed by atoms with van der Waals surface area (Å²) in [4.78, 5) is 24.5. The molecule has 2 heterocycles. The quantitative estimate of drug-likeness (QED) is 0.559. The van der Waals surface area contributed by atoms with Crippen molar-refractivity contribution in [3.8, 4) is 6.07 Å². The van der Waals surface area contributed by atoms with Crippen LogP contribution in [0.5, 0.6) is 0 Å². The molecule has 27 heavy (non-hydrogen) atoms. The fraction of sp³-hybridized carbons (Fsp3) is 0.529. The lowest BCUT2D eigenvalue weighted by molar-refractivity contribution is -0.384. The minimum absolute atomic E-state index is 0. The van der Waals surface area contributed by atoms with Gasteiger partial charge in [0.05, 0.1) is 17.0 Å². The van der Waals surface area contributed by atoms with E-state index in [1.807, 2.05) is 0 Å². The second-order valence-corrected chi connectivity index (χ2v) is 6.52. The predicted molar refractivity (Wildman–Crippen MR) is 105 cm³/mol. The molecule has 2 N–H and O–H groups in total. The molecule has 0 bridgehead atoms. The van der Waals surface area contributed by atoms with Gasteiger partial charge in [0, 0.05) is 37.8 Å². The van der Waals surface area contributed by atoms with Gasteiger partial charge in [-0.25, -0.2) is 0 Å². The molecule has 148 valence electrons. The van der Waals surface area contributed by atoms with Crippen LogP contribution in [0.2, 0.25) is 0 Å². The molecule has 1 amide bonds. The van der Waals surface area contributed by atoms with Gasteiger partial charge in [-0.15, -0.1) is 24.8 Å². The highest BCUT2D eigenvalue weighted by Crippen LogP contribution is 2.20. The standard InChI is InChI=1S/C17H21N5O3.2ClH/c18-9-15-2-1-7-21(15)17(23)16-8-13(11-20-16)19-10-12-3-5-14(6-4-12)22(24)25;;/h3-6,13,15-16,19-20H,1-2,7-8,10-11H2;2*1H/t13-,15?,16-;;/m0../s1. The maximum Gasteiger partial charge on any atom is 0.269 e. The van der Waals surface area contributed by atoms with Crippen molar-refractivity contribution < 1.29 is 9.72 Å². The molecule has 2 fully saturated rings. The number of nitriles is 1. The normalized spacial score (nSPS) is 23.8. The molecular formula is C17H23Cl2N5O3. The first-order valence-electron chi connectivity index (χ1n) is 8.48. The van der Waals surface area contributed by atoms with Crippen LogP contribution in [0.1, 0.15) is 24.8 Å². The van der Waals surface area contributed by atoms with Crippen LogP contribution in [0, 0.1) is 21.4 Å². The van der Waals surface area contributed by atoms with Gasteiger partial charge in [-0.05, 0) is 24.8 Å². The van der Waals surface area contributed by atoms with Gasteiger partial charge in [-0.1, -0.05) is 12.1 Å². The molecular weight excluding hydrogens is 393 g/mol. The number of nitrogens with one attached hydrogen (secondary N) is 2.